The molecule has 2 rings (SSSR count). The van der Waals surface area contributed by atoms with E-state index < -0.39 is 0 Å². The zero-order chi connectivity index (χ0) is 15.1. The van der Waals surface area contributed by atoms with Gasteiger partial charge in [-0.1, -0.05) is 6.42 Å². The van der Waals surface area contributed by atoms with Crippen molar-refractivity contribution in [2.45, 2.75) is 52.4 Å². The average Bonchev–Trinajstić information content (AvgIpc) is 2.74. The van der Waals surface area contributed by atoms with E-state index in [1.165, 1.54) is 30.5 Å². The van der Waals surface area contributed by atoms with E-state index in [1.807, 2.05) is 18.7 Å². The fraction of sp³-hybridized carbons (Fsp3) is 0.688. The number of carbonyl (C=O) groups is 1. The lowest BCUT2D eigenvalue weighted by Gasteiger charge is -2.19. The Balaban J connectivity index is 1.93. The smallest absolute Gasteiger partial charge is 0.224 e. The van der Waals surface area contributed by atoms with Crippen molar-refractivity contribution in [1.29, 1.82) is 0 Å². The summed E-state index contributed by atoms with van der Waals surface area (Å²) in [5.74, 6) is 1.13. The summed E-state index contributed by atoms with van der Waals surface area (Å²) in [6.45, 7) is 6.22. The van der Waals surface area contributed by atoms with E-state index in [4.69, 9.17) is 0 Å². The predicted octanol–water partition coefficient (Wildman–Crippen LogP) is 2.42. The first-order valence-corrected chi connectivity index (χ1v) is 8.10. The number of aryl methyl sites for hydroxylation is 1. The highest BCUT2D eigenvalue weighted by molar-refractivity contribution is 5.76. The Morgan fingerprint density at radius 3 is 2.71 bits per heavy atom. The van der Waals surface area contributed by atoms with E-state index in [1.54, 1.807) is 6.33 Å². The van der Waals surface area contributed by atoms with Gasteiger partial charge < -0.3 is 10.2 Å². The fourth-order valence-corrected chi connectivity index (χ4v) is 2.87. The molecule has 1 amide bonds. The third-order valence-electron chi connectivity index (χ3n) is 4.12. The van der Waals surface area contributed by atoms with Crippen LogP contribution in [0.2, 0.25) is 0 Å². The molecule has 0 fully saturated rings. The predicted molar refractivity (Wildman–Crippen MR) is 84.3 cm³/mol. The quantitative estimate of drug-likeness (QED) is 0.817. The van der Waals surface area contributed by atoms with Gasteiger partial charge in [0.1, 0.15) is 12.1 Å². The molecule has 0 radical (unpaired) electrons. The summed E-state index contributed by atoms with van der Waals surface area (Å²) < 4.78 is 0. The molecule has 0 aromatic carbocycles. The molecule has 21 heavy (non-hydrogen) atoms. The topological polar surface area (TPSA) is 58.1 Å². The monoisotopic (exact) mass is 290 g/mol. The van der Waals surface area contributed by atoms with Gasteiger partial charge in [-0.3, -0.25) is 4.79 Å². The number of hydrogen-bond donors (Lipinski definition) is 1. The number of nitrogens with zero attached hydrogens (tertiary/aromatic N) is 3. The number of anilines is 1. The lowest BCUT2D eigenvalue weighted by atomic mass is 10.1. The number of nitrogens with one attached hydrogen (secondary N) is 1. The number of amides is 1. The van der Waals surface area contributed by atoms with Crippen molar-refractivity contribution in [3.05, 3.63) is 17.6 Å². The number of rotatable bonds is 6. The third kappa shape index (κ3) is 4.16. The Labute approximate surface area is 127 Å². The average molecular weight is 290 g/mol. The second kappa shape index (κ2) is 7.96. The molecular weight excluding hydrogens is 264 g/mol. The van der Waals surface area contributed by atoms with E-state index in [2.05, 4.69) is 15.3 Å². The first kappa shape index (κ1) is 15.7. The highest BCUT2D eigenvalue weighted by Gasteiger charge is 2.15. The van der Waals surface area contributed by atoms with Crippen LogP contribution in [0.15, 0.2) is 6.33 Å². The SMILES string of the molecule is CCN(CC)C(=O)CCNc1ncnc2c1CCCCC2. The first-order chi connectivity index (χ1) is 10.3. The molecule has 1 heterocycles. The minimum absolute atomic E-state index is 0.202. The van der Waals surface area contributed by atoms with Gasteiger partial charge in [0.05, 0.1) is 0 Å². The van der Waals surface area contributed by atoms with Crippen LogP contribution >= 0.6 is 0 Å². The summed E-state index contributed by atoms with van der Waals surface area (Å²) >= 11 is 0. The van der Waals surface area contributed by atoms with Crippen LogP contribution in [0, 0.1) is 0 Å². The van der Waals surface area contributed by atoms with E-state index >= 15 is 0 Å². The van der Waals surface area contributed by atoms with E-state index in [0.717, 1.165) is 31.7 Å². The van der Waals surface area contributed by atoms with Crippen LogP contribution in [0.5, 0.6) is 0 Å². The molecule has 5 nitrogen and oxygen atoms in total. The second-order valence-corrected chi connectivity index (χ2v) is 5.45. The van der Waals surface area contributed by atoms with Crippen molar-refractivity contribution in [3.63, 3.8) is 0 Å². The summed E-state index contributed by atoms with van der Waals surface area (Å²) in [6.07, 6.45) is 7.92. The second-order valence-electron chi connectivity index (χ2n) is 5.45. The summed E-state index contributed by atoms with van der Waals surface area (Å²) in [4.78, 5) is 22.6. The van der Waals surface area contributed by atoms with Crippen LogP contribution in [-0.2, 0) is 17.6 Å². The maximum atomic E-state index is 12.0. The highest BCUT2D eigenvalue weighted by atomic mass is 16.2. The highest BCUT2D eigenvalue weighted by Crippen LogP contribution is 2.23. The number of fused-ring (bicyclic) bond motifs is 1. The van der Waals surface area contributed by atoms with Crippen LogP contribution in [0.1, 0.15) is 50.8 Å². The van der Waals surface area contributed by atoms with Gasteiger partial charge in [-0.05, 0) is 39.5 Å². The molecule has 0 saturated carbocycles. The molecule has 1 aliphatic carbocycles. The van der Waals surface area contributed by atoms with Crippen molar-refractivity contribution in [2.75, 3.05) is 25.0 Å². The molecule has 1 aromatic heterocycles. The standard InChI is InChI=1S/C16H26N4O/c1-3-20(4-2)15(21)10-11-17-16-13-8-6-5-7-9-14(13)18-12-19-16/h12H,3-11H2,1-2H3,(H,17,18,19). The molecule has 0 spiro atoms. The molecule has 1 aliphatic rings. The summed E-state index contributed by atoms with van der Waals surface area (Å²) in [7, 11) is 0. The molecule has 0 saturated heterocycles. The van der Waals surface area contributed by atoms with Crippen molar-refractivity contribution in [2.24, 2.45) is 0 Å². The van der Waals surface area contributed by atoms with Gasteiger partial charge in [0.25, 0.3) is 0 Å². The Morgan fingerprint density at radius 1 is 1.19 bits per heavy atom. The summed E-state index contributed by atoms with van der Waals surface area (Å²) in [5.41, 5.74) is 2.44. The Morgan fingerprint density at radius 2 is 1.95 bits per heavy atom. The van der Waals surface area contributed by atoms with E-state index in [0.29, 0.717) is 13.0 Å². The minimum atomic E-state index is 0.202. The van der Waals surface area contributed by atoms with Crippen molar-refractivity contribution in [1.82, 2.24) is 14.9 Å². The van der Waals surface area contributed by atoms with Gasteiger partial charge in [0.2, 0.25) is 5.91 Å². The van der Waals surface area contributed by atoms with Gasteiger partial charge in [0, 0.05) is 37.3 Å². The van der Waals surface area contributed by atoms with Gasteiger partial charge >= 0.3 is 0 Å². The van der Waals surface area contributed by atoms with Crippen molar-refractivity contribution in [3.8, 4) is 0 Å². The Hall–Kier alpha value is -1.65. The summed E-state index contributed by atoms with van der Waals surface area (Å²) in [6, 6.07) is 0. The molecule has 0 atom stereocenters. The number of hydrogen-bond acceptors (Lipinski definition) is 4. The lowest BCUT2D eigenvalue weighted by molar-refractivity contribution is -0.130. The third-order valence-corrected chi connectivity index (χ3v) is 4.12. The number of aromatic nitrogens is 2. The van der Waals surface area contributed by atoms with Gasteiger partial charge in [-0.2, -0.15) is 0 Å². The Bertz CT molecular complexity index is 471. The molecular formula is C16H26N4O. The van der Waals surface area contributed by atoms with Crippen LogP contribution in [0.4, 0.5) is 5.82 Å². The normalized spacial score (nSPS) is 14.2. The molecule has 1 N–H and O–H groups in total. The molecule has 0 unspecified atom stereocenters. The molecule has 0 aliphatic heterocycles. The molecule has 0 bridgehead atoms. The van der Waals surface area contributed by atoms with Gasteiger partial charge in [-0.15, -0.1) is 0 Å². The van der Waals surface area contributed by atoms with Gasteiger partial charge in [-0.25, -0.2) is 9.97 Å². The fourth-order valence-electron chi connectivity index (χ4n) is 2.87. The Kier molecular flexibility index (Phi) is 5.96. The lowest BCUT2D eigenvalue weighted by Crippen LogP contribution is -2.31. The minimum Gasteiger partial charge on any atom is -0.369 e. The van der Waals surface area contributed by atoms with Crippen molar-refractivity contribution < 1.29 is 4.79 Å². The summed E-state index contributed by atoms with van der Waals surface area (Å²) in [5, 5.41) is 3.34. The zero-order valence-corrected chi connectivity index (χ0v) is 13.2. The maximum absolute atomic E-state index is 12.0. The number of carbonyl (C=O) groups excluding carboxylic acids is 1. The van der Waals surface area contributed by atoms with E-state index in [9.17, 15) is 4.79 Å². The van der Waals surface area contributed by atoms with Crippen molar-refractivity contribution >= 4 is 11.7 Å². The first-order valence-electron chi connectivity index (χ1n) is 8.10. The zero-order valence-electron chi connectivity index (χ0n) is 13.2. The van der Waals surface area contributed by atoms with E-state index in [-0.39, 0.29) is 5.91 Å². The molecule has 1 aromatic rings. The van der Waals surface area contributed by atoms with Gasteiger partial charge in [0.15, 0.2) is 0 Å². The van der Waals surface area contributed by atoms with Crippen LogP contribution in [0.25, 0.3) is 0 Å². The molecule has 5 heteroatoms. The largest absolute Gasteiger partial charge is 0.369 e. The van der Waals surface area contributed by atoms with Crippen LogP contribution in [0.3, 0.4) is 0 Å². The van der Waals surface area contributed by atoms with Crippen LogP contribution < -0.4 is 5.32 Å². The molecule has 116 valence electrons. The van der Waals surface area contributed by atoms with Crippen LogP contribution in [-0.4, -0.2) is 40.4 Å². The maximum Gasteiger partial charge on any atom is 0.224 e.